The smallest absolute Gasteiger partial charge is 0.134 e. The van der Waals surface area contributed by atoms with Gasteiger partial charge in [-0.25, -0.2) is 0 Å². The van der Waals surface area contributed by atoms with E-state index in [0.29, 0.717) is 0 Å². The van der Waals surface area contributed by atoms with E-state index in [-0.39, 0.29) is 0 Å². The maximum atomic E-state index is 5.64. The van der Waals surface area contributed by atoms with Crippen LogP contribution in [0.25, 0.3) is 11.0 Å². The predicted molar refractivity (Wildman–Crippen MR) is 58.1 cm³/mol. The van der Waals surface area contributed by atoms with Gasteiger partial charge < -0.3 is 4.42 Å². The highest BCUT2D eigenvalue weighted by Crippen LogP contribution is 2.21. The van der Waals surface area contributed by atoms with Crippen molar-refractivity contribution in [2.45, 2.75) is 19.8 Å². The molecule has 0 aliphatic carbocycles. The van der Waals surface area contributed by atoms with Gasteiger partial charge in [-0.3, -0.25) is 0 Å². The van der Waals surface area contributed by atoms with Crippen molar-refractivity contribution in [3.8, 4) is 12.3 Å². The lowest BCUT2D eigenvalue weighted by molar-refractivity contribution is 0.544. The molecule has 1 heteroatoms. The largest absolute Gasteiger partial charge is 0.461 e. The average Bonchev–Trinajstić information content (AvgIpc) is 2.59. The van der Waals surface area contributed by atoms with Crippen LogP contribution in [-0.2, 0) is 6.42 Å². The minimum atomic E-state index is 0.904. The van der Waals surface area contributed by atoms with Gasteiger partial charge in [0.25, 0.3) is 0 Å². The molecule has 1 nitrogen and oxygen atoms in total. The molecule has 0 atom stereocenters. The van der Waals surface area contributed by atoms with Gasteiger partial charge in [-0.15, -0.1) is 6.42 Å². The lowest BCUT2D eigenvalue weighted by Gasteiger charge is -1.89. The average molecular weight is 184 g/mol. The van der Waals surface area contributed by atoms with Crippen LogP contribution in [0.1, 0.15) is 24.7 Å². The molecule has 1 aromatic carbocycles. The van der Waals surface area contributed by atoms with Crippen LogP contribution in [0.2, 0.25) is 0 Å². The quantitative estimate of drug-likeness (QED) is 0.652. The van der Waals surface area contributed by atoms with Crippen molar-refractivity contribution in [2.24, 2.45) is 0 Å². The van der Waals surface area contributed by atoms with Gasteiger partial charge in [0.1, 0.15) is 11.3 Å². The van der Waals surface area contributed by atoms with Crippen molar-refractivity contribution in [3.63, 3.8) is 0 Å². The summed E-state index contributed by atoms with van der Waals surface area (Å²) in [5.74, 6) is 3.66. The Kier molecular flexibility index (Phi) is 2.28. The van der Waals surface area contributed by atoms with Gasteiger partial charge in [0.15, 0.2) is 0 Å². The maximum Gasteiger partial charge on any atom is 0.134 e. The van der Waals surface area contributed by atoms with Crippen LogP contribution in [0.3, 0.4) is 0 Å². The van der Waals surface area contributed by atoms with Gasteiger partial charge >= 0.3 is 0 Å². The SMILES string of the molecule is C#Cc1ccc2oc(CCC)cc2c1. The fraction of sp³-hybridized carbons (Fsp3) is 0.231. The molecule has 0 spiro atoms. The first-order valence-corrected chi connectivity index (χ1v) is 4.82. The number of hydrogen-bond donors (Lipinski definition) is 0. The van der Waals surface area contributed by atoms with E-state index in [0.717, 1.165) is 35.1 Å². The summed E-state index contributed by atoms with van der Waals surface area (Å²) in [4.78, 5) is 0. The molecule has 0 saturated heterocycles. The first kappa shape index (κ1) is 8.90. The Labute approximate surface area is 83.7 Å². The lowest BCUT2D eigenvalue weighted by Crippen LogP contribution is -1.74. The van der Waals surface area contributed by atoms with Crippen LogP contribution >= 0.6 is 0 Å². The van der Waals surface area contributed by atoms with Gasteiger partial charge in [0.05, 0.1) is 0 Å². The number of hydrogen-bond acceptors (Lipinski definition) is 1. The minimum Gasteiger partial charge on any atom is -0.461 e. The fourth-order valence-electron chi connectivity index (χ4n) is 1.56. The summed E-state index contributed by atoms with van der Waals surface area (Å²) in [7, 11) is 0. The molecule has 0 radical (unpaired) electrons. The molecule has 0 aliphatic rings. The topological polar surface area (TPSA) is 13.1 Å². The highest BCUT2D eigenvalue weighted by atomic mass is 16.3. The highest BCUT2D eigenvalue weighted by molar-refractivity contribution is 5.79. The zero-order chi connectivity index (χ0) is 9.97. The monoisotopic (exact) mass is 184 g/mol. The molecule has 1 heterocycles. The second-order valence-electron chi connectivity index (χ2n) is 3.36. The van der Waals surface area contributed by atoms with E-state index in [4.69, 9.17) is 10.8 Å². The number of rotatable bonds is 2. The van der Waals surface area contributed by atoms with Crippen molar-refractivity contribution in [1.29, 1.82) is 0 Å². The van der Waals surface area contributed by atoms with E-state index in [9.17, 15) is 0 Å². The molecule has 0 unspecified atom stereocenters. The van der Waals surface area contributed by atoms with Crippen LogP contribution in [0.5, 0.6) is 0 Å². The van der Waals surface area contributed by atoms with Gasteiger partial charge in [-0.2, -0.15) is 0 Å². The van der Waals surface area contributed by atoms with Gasteiger partial charge in [0.2, 0.25) is 0 Å². The Morgan fingerprint density at radius 3 is 2.93 bits per heavy atom. The van der Waals surface area contributed by atoms with Crippen molar-refractivity contribution < 1.29 is 4.42 Å². The molecule has 0 N–H and O–H groups in total. The normalized spacial score (nSPS) is 10.3. The summed E-state index contributed by atoms with van der Waals surface area (Å²) in [5.41, 5.74) is 1.83. The summed E-state index contributed by atoms with van der Waals surface area (Å²) < 4.78 is 5.64. The molecule has 0 amide bonds. The van der Waals surface area contributed by atoms with Crippen LogP contribution in [0.15, 0.2) is 28.7 Å². The number of terminal acetylenes is 1. The van der Waals surface area contributed by atoms with E-state index >= 15 is 0 Å². The molecule has 0 bridgehead atoms. The molecule has 14 heavy (non-hydrogen) atoms. The van der Waals surface area contributed by atoms with Crippen molar-refractivity contribution in [1.82, 2.24) is 0 Å². The van der Waals surface area contributed by atoms with Crippen molar-refractivity contribution >= 4 is 11.0 Å². The second-order valence-corrected chi connectivity index (χ2v) is 3.36. The highest BCUT2D eigenvalue weighted by Gasteiger charge is 2.02. The summed E-state index contributed by atoms with van der Waals surface area (Å²) in [6.07, 6.45) is 7.41. The molecule has 0 saturated carbocycles. The van der Waals surface area contributed by atoms with E-state index in [1.807, 2.05) is 18.2 Å². The zero-order valence-electron chi connectivity index (χ0n) is 8.21. The third-order valence-electron chi connectivity index (χ3n) is 2.23. The van der Waals surface area contributed by atoms with Gasteiger partial charge in [0, 0.05) is 17.4 Å². The Hall–Kier alpha value is -1.68. The maximum absolute atomic E-state index is 5.64. The molecule has 2 aromatic rings. The standard InChI is InChI=1S/C13H12O/c1-3-5-12-9-11-8-10(4-2)6-7-13(11)14-12/h2,6-9H,3,5H2,1H3. The van der Waals surface area contributed by atoms with Crippen LogP contribution in [-0.4, -0.2) is 0 Å². The fourth-order valence-corrected chi connectivity index (χ4v) is 1.56. The van der Waals surface area contributed by atoms with Crippen molar-refractivity contribution in [2.75, 3.05) is 0 Å². The van der Waals surface area contributed by atoms with Gasteiger partial charge in [-0.05, 0) is 30.7 Å². The van der Waals surface area contributed by atoms with Crippen LogP contribution < -0.4 is 0 Å². The minimum absolute atomic E-state index is 0.904. The lowest BCUT2D eigenvalue weighted by atomic mass is 10.1. The Morgan fingerprint density at radius 1 is 1.36 bits per heavy atom. The third kappa shape index (κ3) is 1.52. The third-order valence-corrected chi connectivity index (χ3v) is 2.23. The van der Waals surface area contributed by atoms with E-state index in [1.54, 1.807) is 0 Å². The molecule has 0 aliphatic heterocycles. The Morgan fingerprint density at radius 2 is 2.21 bits per heavy atom. The number of benzene rings is 1. The van der Waals surface area contributed by atoms with Gasteiger partial charge in [-0.1, -0.05) is 12.8 Å². The summed E-state index contributed by atoms with van der Waals surface area (Å²) in [5, 5.41) is 1.10. The molecular formula is C13H12O. The molecule has 0 fully saturated rings. The molecular weight excluding hydrogens is 172 g/mol. The predicted octanol–water partition coefficient (Wildman–Crippen LogP) is 3.37. The number of aryl methyl sites for hydroxylation is 1. The van der Waals surface area contributed by atoms with Crippen LogP contribution in [0.4, 0.5) is 0 Å². The summed E-state index contributed by atoms with van der Waals surface area (Å²) >= 11 is 0. The first-order valence-electron chi connectivity index (χ1n) is 4.82. The van der Waals surface area contributed by atoms with Crippen LogP contribution in [0, 0.1) is 12.3 Å². The summed E-state index contributed by atoms with van der Waals surface area (Å²) in [6.45, 7) is 2.14. The van der Waals surface area contributed by atoms with Crippen molar-refractivity contribution in [3.05, 3.63) is 35.6 Å². The molecule has 70 valence electrons. The summed E-state index contributed by atoms with van der Waals surface area (Å²) in [6, 6.07) is 7.89. The number of furan rings is 1. The first-order chi connectivity index (χ1) is 6.83. The molecule has 1 aromatic heterocycles. The Bertz CT molecular complexity index is 485. The van der Waals surface area contributed by atoms with E-state index in [2.05, 4.69) is 18.9 Å². The second kappa shape index (κ2) is 3.59. The number of fused-ring (bicyclic) bond motifs is 1. The zero-order valence-corrected chi connectivity index (χ0v) is 8.21. The molecule has 2 rings (SSSR count). The van der Waals surface area contributed by atoms with E-state index in [1.165, 1.54) is 0 Å². The van der Waals surface area contributed by atoms with E-state index < -0.39 is 0 Å². The Balaban J connectivity index is 2.50.